The van der Waals surface area contributed by atoms with Crippen LogP contribution in [0.5, 0.6) is 17.2 Å². The van der Waals surface area contributed by atoms with Crippen molar-refractivity contribution in [2.45, 2.75) is 30.1 Å². The molecule has 1 saturated carbocycles. The van der Waals surface area contributed by atoms with Gasteiger partial charge < -0.3 is 33.5 Å². The Morgan fingerprint density at radius 2 is 1.82 bits per heavy atom. The average molecular weight is 694 g/mol. The summed E-state index contributed by atoms with van der Waals surface area (Å²) in [6.45, 7) is 1.32. The third kappa shape index (κ3) is 5.59. The van der Waals surface area contributed by atoms with Crippen molar-refractivity contribution >= 4 is 74.2 Å². The molecule has 1 fully saturated rings. The maximum absolute atomic E-state index is 5.74. The number of aromatic nitrogens is 3. The molecule has 0 radical (unpaired) electrons. The summed E-state index contributed by atoms with van der Waals surface area (Å²) in [4.78, 5) is 0.806. The topological polar surface area (TPSA) is 105 Å². The van der Waals surface area contributed by atoms with Gasteiger partial charge in [0.05, 0.1) is 52.0 Å². The van der Waals surface area contributed by atoms with Gasteiger partial charge in [0.15, 0.2) is 17.2 Å². The van der Waals surface area contributed by atoms with Gasteiger partial charge in [-0.2, -0.15) is 5.10 Å². The van der Waals surface area contributed by atoms with E-state index in [1.165, 1.54) is 36.1 Å². The predicted octanol–water partition coefficient (Wildman–Crippen LogP) is 7.39. The lowest BCUT2D eigenvalue weighted by atomic mass is 10.0. The maximum atomic E-state index is 5.74. The van der Waals surface area contributed by atoms with Gasteiger partial charge in [0.25, 0.3) is 0 Å². The van der Waals surface area contributed by atoms with Crippen LogP contribution in [0.2, 0.25) is 0 Å². The van der Waals surface area contributed by atoms with Gasteiger partial charge in [-0.25, -0.2) is 4.45 Å². The third-order valence-electron chi connectivity index (χ3n) is 6.91. The second-order valence-corrected chi connectivity index (χ2v) is 12.3. The number of hydrogen-bond donors (Lipinski definition) is 2. The van der Waals surface area contributed by atoms with E-state index in [-0.39, 0.29) is 0 Å². The molecule has 1 atom stereocenters. The molecule has 2 N–H and O–H groups in total. The number of benzene rings is 2. The van der Waals surface area contributed by atoms with Gasteiger partial charge in [-0.3, -0.25) is 0 Å². The fourth-order valence-corrected chi connectivity index (χ4v) is 7.17. The van der Waals surface area contributed by atoms with E-state index in [1.54, 1.807) is 21.3 Å². The quantitative estimate of drug-likeness (QED) is 0.0940. The van der Waals surface area contributed by atoms with Crippen molar-refractivity contribution in [2.24, 2.45) is 0 Å². The minimum Gasteiger partial charge on any atom is -0.495 e. The van der Waals surface area contributed by atoms with Gasteiger partial charge in [0, 0.05) is 23.7 Å². The molecule has 6 rings (SSSR count). The highest BCUT2D eigenvalue weighted by Gasteiger charge is 2.28. The highest BCUT2D eigenvalue weighted by Crippen LogP contribution is 2.45. The van der Waals surface area contributed by atoms with E-state index < -0.39 is 0 Å². The number of nitrogens with zero attached hydrogens (tertiary/aromatic N) is 3. The zero-order valence-electron chi connectivity index (χ0n) is 22.2. The minimum absolute atomic E-state index is 0.553. The number of halogens is 1. The zero-order valence-corrected chi connectivity index (χ0v) is 26.2. The van der Waals surface area contributed by atoms with Crippen LogP contribution >= 0.6 is 40.4 Å². The first-order chi connectivity index (χ1) is 19.6. The molecule has 1 aliphatic heterocycles. The summed E-state index contributed by atoms with van der Waals surface area (Å²) in [6.07, 6.45) is 5.95. The fourth-order valence-electron chi connectivity index (χ4n) is 4.69. The fraction of sp³-hybridized carbons (Fsp3) is 0.333. The van der Waals surface area contributed by atoms with Crippen molar-refractivity contribution in [3.63, 3.8) is 0 Å². The normalized spacial score (nSPS) is 15.4. The molecular weight excluding hydrogens is 664 g/mol. The van der Waals surface area contributed by atoms with Crippen LogP contribution in [0.15, 0.2) is 45.8 Å². The van der Waals surface area contributed by atoms with Crippen molar-refractivity contribution in [2.75, 3.05) is 44.6 Å². The van der Waals surface area contributed by atoms with Gasteiger partial charge in [0.2, 0.25) is 0 Å². The Kier molecular flexibility index (Phi) is 8.29. The second-order valence-electron chi connectivity index (χ2n) is 9.40. The van der Waals surface area contributed by atoms with E-state index in [9.17, 15) is 0 Å². The summed E-state index contributed by atoms with van der Waals surface area (Å²) in [5.41, 5.74) is 4.93. The van der Waals surface area contributed by atoms with E-state index in [0.29, 0.717) is 54.2 Å². The maximum Gasteiger partial charge on any atom is 0.187 e. The van der Waals surface area contributed by atoms with Gasteiger partial charge in [-0.05, 0) is 82.6 Å². The number of hydrogen-bond acceptors (Lipinski definition) is 10. The van der Waals surface area contributed by atoms with E-state index in [2.05, 4.69) is 53.8 Å². The largest absolute Gasteiger partial charge is 0.495 e. The molecule has 1 unspecified atom stereocenters. The van der Waals surface area contributed by atoms with Gasteiger partial charge in [-0.15, -0.1) is 0 Å². The Balaban J connectivity index is 1.25. The monoisotopic (exact) mass is 693 g/mol. The summed E-state index contributed by atoms with van der Waals surface area (Å²) < 4.78 is 33.8. The van der Waals surface area contributed by atoms with Gasteiger partial charge in [0.1, 0.15) is 22.1 Å². The highest BCUT2D eigenvalue weighted by atomic mass is 127. The number of methoxy groups -OCH3 is 3. The van der Waals surface area contributed by atoms with E-state index >= 15 is 0 Å². The number of ether oxygens (including phenoxy) is 4. The van der Waals surface area contributed by atoms with Crippen LogP contribution in [0.3, 0.4) is 0 Å². The Hall–Kier alpha value is -2.67. The highest BCUT2D eigenvalue weighted by molar-refractivity contribution is 14.2. The van der Waals surface area contributed by atoms with Crippen LogP contribution in [0.4, 0.5) is 17.3 Å². The predicted molar refractivity (Wildman–Crippen MR) is 168 cm³/mol. The van der Waals surface area contributed by atoms with E-state index in [4.69, 9.17) is 28.6 Å². The first-order valence-corrected chi connectivity index (χ1v) is 17.7. The van der Waals surface area contributed by atoms with Crippen molar-refractivity contribution in [3.8, 4) is 17.2 Å². The molecule has 2 aromatic carbocycles. The number of anilines is 3. The van der Waals surface area contributed by atoms with Crippen molar-refractivity contribution in [1.29, 1.82) is 0 Å². The Bertz CT molecular complexity index is 1550. The average Bonchev–Trinajstić information content (AvgIpc) is 3.65. The van der Waals surface area contributed by atoms with Crippen LogP contribution in [-0.2, 0) is 4.74 Å². The van der Waals surface area contributed by atoms with Crippen LogP contribution in [-0.4, -0.2) is 49.3 Å². The lowest BCUT2D eigenvalue weighted by Gasteiger charge is -2.18. The molecule has 0 saturated heterocycles. The number of nitrogens with one attached hydrogen (secondary N) is 2. The van der Waals surface area contributed by atoms with Crippen molar-refractivity contribution < 1.29 is 23.5 Å². The second kappa shape index (κ2) is 12.1. The summed E-state index contributed by atoms with van der Waals surface area (Å²) in [5, 5.41) is 13.2. The lowest BCUT2D eigenvalue weighted by Crippen LogP contribution is -2.04. The first-order valence-electron chi connectivity index (χ1n) is 12.8. The van der Waals surface area contributed by atoms with Crippen LogP contribution in [0.1, 0.15) is 36.4 Å². The Morgan fingerprint density at radius 3 is 2.48 bits per heavy atom. The van der Waals surface area contributed by atoms with Gasteiger partial charge in [-0.1, -0.05) is 11.2 Å². The summed E-state index contributed by atoms with van der Waals surface area (Å²) in [5.74, 6) is 4.03. The van der Waals surface area contributed by atoms with Crippen molar-refractivity contribution in [3.05, 3.63) is 47.7 Å². The smallest absolute Gasteiger partial charge is 0.187 e. The molecular formula is C27H29IN5O5PS. The van der Waals surface area contributed by atoms with E-state index in [1.807, 2.05) is 24.3 Å². The molecule has 10 nitrogen and oxygen atoms in total. The number of rotatable bonds is 11. The Morgan fingerprint density at radius 1 is 1.05 bits per heavy atom. The molecule has 0 amide bonds. The lowest BCUT2D eigenvalue weighted by molar-refractivity contribution is 0.161. The third-order valence-corrected chi connectivity index (χ3v) is 9.70. The summed E-state index contributed by atoms with van der Waals surface area (Å²) >= 11 is 3.72. The molecule has 0 bridgehead atoms. The molecule has 210 valence electrons. The van der Waals surface area contributed by atoms with Gasteiger partial charge >= 0.3 is 0 Å². The summed E-state index contributed by atoms with van der Waals surface area (Å²) in [6, 6.07) is 9.98. The standard InChI is InChI=1S/C27H29IN5O5PS/c1-34-22-12-18-21(13-19(22)29-25-14-20(16-4-5-16)33(30-25)39-28)38-31-27(18)32-40-26-23(35-2)10-17(11-24(26)36-3)15-6-8-37-9-7-15/h6,10-14,16,39H,4-5,7-9H2,1-3H3,(H,29,30)(H,31,32). The molecule has 40 heavy (non-hydrogen) atoms. The zero-order chi connectivity index (χ0) is 27.6. The van der Waals surface area contributed by atoms with E-state index in [0.717, 1.165) is 33.8 Å². The Labute approximate surface area is 251 Å². The van der Waals surface area contributed by atoms with Crippen LogP contribution in [0.25, 0.3) is 16.5 Å². The molecule has 2 aromatic heterocycles. The molecule has 4 aromatic rings. The van der Waals surface area contributed by atoms with Crippen molar-refractivity contribution in [1.82, 2.24) is 14.7 Å². The first kappa shape index (κ1) is 27.5. The molecule has 2 aliphatic rings. The minimum atomic E-state index is 0.553. The van der Waals surface area contributed by atoms with Crippen LogP contribution < -0.4 is 24.2 Å². The molecule has 3 heterocycles. The molecule has 1 aliphatic carbocycles. The number of fused-ring (bicyclic) bond motifs is 1. The summed E-state index contributed by atoms with van der Waals surface area (Å²) in [7, 11) is 4.96. The molecule has 0 spiro atoms. The SMILES string of the molecule is COc1cc2c(NSc3c(OC)cc(C4=CCOCC4)cc3OC)noc2cc1Nc1cc(C2CC2)n(PI)n1. The van der Waals surface area contributed by atoms with Crippen LogP contribution in [0, 0.1) is 0 Å². The molecule has 13 heteroatoms.